The first kappa shape index (κ1) is 19.4. The van der Waals surface area contributed by atoms with Crippen LogP contribution < -0.4 is 5.32 Å². The Hall–Kier alpha value is -2.37. The number of amides is 2. The summed E-state index contributed by atoms with van der Waals surface area (Å²) in [6.07, 6.45) is 8.04. The highest BCUT2D eigenvalue weighted by Crippen LogP contribution is 2.26. The largest absolute Gasteiger partial charge is 0.338 e. The molecule has 1 saturated carbocycles. The minimum absolute atomic E-state index is 0.00180. The van der Waals surface area contributed by atoms with Crippen LogP contribution in [0.15, 0.2) is 30.3 Å². The number of rotatable bonds is 8. The number of H-pyrrole nitrogens is 1. The lowest BCUT2D eigenvalue weighted by Crippen LogP contribution is -2.38. The van der Waals surface area contributed by atoms with Crippen molar-refractivity contribution in [3.05, 3.63) is 41.8 Å². The number of nitrogens with zero attached hydrogens (tertiary/aromatic N) is 2. The Morgan fingerprint density at radius 1 is 1.33 bits per heavy atom. The van der Waals surface area contributed by atoms with E-state index >= 15 is 0 Å². The Labute approximate surface area is 160 Å². The number of urea groups is 1. The molecule has 0 radical (unpaired) electrons. The van der Waals surface area contributed by atoms with Crippen LogP contribution in [-0.4, -0.2) is 41.3 Å². The predicted octanol–water partition coefficient (Wildman–Crippen LogP) is 4.37. The summed E-state index contributed by atoms with van der Waals surface area (Å²) in [6, 6.07) is 8.36. The van der Waals surface area contributed by atoms with Crippen LogP contribution in [0, 0.1) is 11.7 Å². The molecule has 0 spiro atoms. The van der Waals surface area contributed by atoms with E-state index in [0.29, 0.717) is 6.54 Å². The number of hydrogen-bond donors (Lipinski definition) is 2. The molecule has 0 aliphatic heterocycles. The summed E-state index contributed by atoms with van der Waals surface area (Å²) in [5.41, 5.74) is 2.49. The molecule has 2 N–H and O–H groups in total. The molecule has 0 saturated heterocycles. The summed E-state index contributed by atoms with van der Waals surface area (Å²) in [4.78, 5) is 13.9. The fourth-order valence-electron chi connectivity index (χ4n) is 3.71. The molecule has 1 aliphatic carbocycles. The Morgan fingerprint density at radius 2 is 2.15 bits per heavy atom. The number of benzene rings is 1. The van der Waals surface area contributed by atoms with E-state index in [1.54, 1.807) is 11.0 Å². The van der Waals surface area contributed by atoms with Crippen LogP contribution in [0.5, 0.6) is 0 Å². The van der Waals surface area contributed by atoms with E-state index in [4.69, 9.17) is 0 Å². The summed E-state index contributed by atoms with van der Waals surface area (Å²) in [6.45, 7) is 1.45. The first-order valence-electron chi connectivity index (χ1n) is 9.91. The summed E-state index contributed by atoms with van der Waals surface area (Å²) in [5, 5.41) is 10.3. The molecule has 0 unspecified atom stereocenters. The van der Waals surface area contributed by atoms with Crippen molar-refractivity contribution in [3.63, 3.8) is 0 Å². The van der Waals surface area contributed by atoms with Gasteiger partial charge in [0.15, 0.2) is 0 Å². The van der Waals surface area contributed by atoms with Crippen LogP contribution in [0.3, 0.4) is 0 Å². The van der Waals surface area contributed by atoms with Crippen molar-refractivity contribution >= 4 is 6.03 Å². The second kappa shape index (κ2) is 9.53. The molecule has 27 heavy (non-hydrogen) atoms. The van der Waals surface area contributed by atoms with Crippen LogP contribution in [-0.2, 0) is 6.42 Å². The van der Waals surface area contributed by atoms with Gasteiger partial charge in [-0.2, -0.15) is 5.10 Å². The van der Waals surface area contributed by atoms with Gasteiger partial charge in [0, 0.05) is 31.4 Å². The minimum Gasteiger partial charge on any atom is -0.338 e. The second-order valence-electron chi connectivity index (χ2n) is 7.48. The summed E-state index contributed by atoms with van der Waals surface area (Å²) < 4.78 is 13.3. The monoisotopic (exact) mass is 372 g/mol. The highest BCUT2D eigenvalue weighted by atomic mass is 19.1. The van der Waals surface area contributed by atoms with Crippen molar-refractivity contribution < 1.29 is 9.18 Å². The van der Waals surface area contributed by atoms with E-state index in [0.717, 1.165) is 48.7 Å². The third-order valence-corrected chi connectivity index (χ3v) is 5.34. The van der Waals surface area contributed by atoms with Crippen LogP contribution in [0.25, 0.3) is 11.3 Å². The number of carbonyl (C=O) groups excluding carboxylic acids is 1. The lowest BCUT2D eigenvalue weighted by Gasteiger charge is -2.18. The van der Waals surface area contributed by atoms with E-state index in [9.17, 15) is 9.18 Å². The molecule has 2 aromatic rings. The zero-order valence-electron chi connectivity index (χ0n) is 16.0. The maximum Gasteiger partial charge on any atom is 0.317 e. The van der Waals surface area contributed by atoms with E-state index in [-0.39, 0.29) is 11.8 Å². The number of halogens is 1. The third kappa shape index (κ3) is 5.81. The fraction of sp³-hybridized carbons (Fsp3) is 0.524. The highest BCUT2D eigenvalue weighted by Gasteiger charge is 2.15. The maximum atomic E-state index is 13.3. The van der Waals surface area contributed by atoms with Crippen molar-refractivity contribution in [3.8, 4) is 11.3 Å². The van der Waals surface area contributed by atoms with Gasteiger partial charge in [-0.15, -0.1) is 0 Å². The molecule has 5 nitrogen and oxygen atoms in total. The molecule has 0 bridgehead atoms. The quantitative estimate of drug-likeness (QED) is 0.723. The van der Waals surface area contributed by atoms with Crippen molar-refractivity contribution in [2.24, 2.45) is 5.92 Å². The molecule has 3 rings (SSSR count). The number of aromatic amines is 1. The Morgan fingerprint density at radius 3 is 2.93 bits per heavy atom. The van der Waals surface area contributed by atoms with Gasteiger partial charge in [0.25, 0.3) is 0 Å². The van der Waals surface area contributed by atoms with Gasteiger partial charge in [0.1, 0.15) is 5.82 Å². The van der Waals surface area contributed by atoms with Gasteiger partial charge in [-0.1, -0.05) is 37.8 Å². The summed E-state index contributed by atoms with van der Waals surface area (Å²) in [5.74, 6) is 0.529. The molecule has 146 valence electrons. The number of aromatic nitrogens is 2. The van der Waals surface area contributed by atoms with Crippen molar-refractivity contribution in [1.29, 1.82) is 0 Å². The molecule has 1 aromatic carbocycles. The van der Waals surface area contributed by atoms with E-state index < -0.39 is 0 Å². The van der Waals surface area contributed by atoms with E-state index in [1.807, 2.05) is 19.2 Å². The Balaban J connectivity index is 1.37. The van der Waals surface area contributed by atoms with Crippen molar-refractivity contribution in [1.82, 2.24) is 20.4 Å². The SMILES string of the molecule is CN(CCCc1cc(-c2cccc(F)c2)n[nH]1)C(=O)NCCC1CCCC1. The molecular formula is C21H29FN4O. The molecule has 1 aliphatic rings. The Bertz CT molecular complexity index is 739. The number of hydrogen-bond acceptors (Lipinski definition) is 2. The van der Waals surface area contributed by atoms with Gasteiger partial charge in [-0.3, -0.25) is 5.10 Å². The maximum absolute atomic E-state index is 13.3. The number of aryl methyl sites for hydroxylation is 1. The smallest absolute Gasteiger partial charge is 0.317 e. The molecule has 1 heterocycles. The van der Waals surface area contributed by atoms with Crippen LogP contribution in [0.2, 0.25) is 0 Å². The molecule has 2 amide bonds. The first-order chi connectivity index (χ1) is 13.1. The van der Waals surface area contributed by atoms with E-state index in [2.05, 4.69) is 15.5 Å². The van der Waals surface area contributed by atoms with Gasteiger partial charge in [-0.25, -0.2) is 9.18 Å². The Kier molecular flexibility index (Phi) is 6.85. The predicted molar refractivity (Wildman–Crippen MR) is 105 cm³/mol. The van der Waals surface area contributed by atoms with Gasteiger partial charge < -0.3 is 10.2 Å². The second-order valence-corrected chi connectivity index (χ2v) is 7.48. The lowest BCUT2D eigenvalue weighted by molar-refractivity contribution is 0.207. The topological polar surface area (TPSA) is 61.0 Å². The van der Waals surface area contributed by atoms with Crippen LogP contribution in [0.1, 0.15) is 44.2 Å². The van der Waals surface area contributed by atoms with Gasteiger partial charge in [0.05, 0.1) is 5.69 Å². The summed E-state index contributed by atoms with van der Waals surface area (Å²) in [7, 11) is 1.83. The lowest BCUT2D eigenvalue weighted by atomic mass is 10.0. The van der Waals surface area contributed by atoms with Crippen LogP contribution >= 0.6 is 0 Å². The normalized spacial score (nSPS) is 14.4. The zero-order valence-corrected chi connectivity index (χ0v) is 16.0. The van der Waals surface area contributed by atoms with Crippen LogP contribution in [0.4, 0.5) is 9.18 Å². The van der Waals surface area contributed by atoms with Crippen molar-refractivity contribution in [2.75, 3.05) is 20.1 Å². The standard InChI is InChI=1S/C21H29FN4O/c1-26(21(27)23-12-11-16-6-2-3-7-16)13-5-10-19-15-20(25-24-19)17-8-4-9-18(22)14-17/h4,8-9,14-16H,2-3,5-7,10-13H2,1H3,(H,23,27)(H,24,25). The number of nitrogens with one attached hydrogen (secondary N) is 2. The van der Waals surface area contributed by atoms with Gasteiger partial charge in [0.2, 0.25) is 0 Å². The average molecular weight is 372 g/mol. The fourth-order valence-corrected chi connectivity index (χ4v) is 3.71. The summed E-state index contributed by atoms with van der Waals surface area (Å²) >= 11 is 0. The highest BCUT2D eigenvalue weighted by molar-refractivity contribution is 5.73. The van der Waals surface area contributed by atoms with Gasteiger partial charge in [-0.05, 0) is 43.4 Å². The van der Waals surface area contributed by atoms with Gasteiger partial charge >= 0.3 is 6.03 Å². The molecule has 6 heteroatoms. The van der Waals surface area contributed by atoms with E-state index in [1.165, 1.54) is 37.8 Å². The average Bonchev–Trinajstić information content (AvgIpc) is 3.33. The molecule has 1 aromatic heterocycles. The zero-order chi connectivity index (χ0) is 19.1. The molecular weight excluding hydrogens is 343 g/mol. The molecule has 0 atom stereocenters. The molecule has 1 fully saturated rings. The third-order valence-electron chi connectivity index (χ3n) is 5.34. The minimum atomic E-state index is -0.266. The van der Waals surface area contributed by atoms with Crippen molar-refractivity contribution in [2.45, 2.75) is 44.9 Å². The first-order valence-corrected chi connectivity index (χ1v) is 9.91. The number of carbonyl (C=O) groups is 1.